The van der Waals surface area contributed by atoms with Crippen molar-refractivity contribution in [2.24, 2.45) is 5.73 Å². The number of phenols is 1. The lowest BCUT2D eigenvalue weighted by Gasteiger charge is -2.26. The number of carboxylic acids is 1. The molecule has 0 aliphatic heterocycles. The number of thioether (sulfide) groups is 1. The van der Waals surface area contributed by atoms with E-state index < -0.39 is 60.1 Å². The first kappa shape index (κ1) is 30.2. The Morgan fingerprint density at radius 3 is 1.94 bits per heavy atom. The van der Waals surface area contributed by atoms with E-state index in [9.17, 15) is 39.6 Å². The van der Waals surface area contributed by atoms with Gasteiger partial charge in [-0.15, -0.1) is 0 Å². The average molecular weight is 515 g/mol. The maximum atomic E-state index is 13.1. The summed E-state index contributed by atoms with van der Waals surface area (Å²) in [5.41, 5.74) is 6.20. The highest BCUT2D eigenvalue weighted by Crippen LogP contribution is 2.12. The van der Waals surface area contributed by atoms with Gasteiger partial charge in [0.15, 0.2) is 6.04 Å². The summed E-state index contributed by atoms with van der Waals surface area (Å²) in [6.07, 6.45) is -0.621. The number of aliphatic hydroxyl groups excluding tert-OH is 2. The third-order valence-electron chi connectivity index (χ3n) is 5.12. The molecule has 0 saturated carbocycles. The molecular formula is C22H34N4O8S. The second kappa shape index (κ2) is 14.5. The van der Waals surface area contributed by atoms with Crippen molar-refractivity contribution < 1.29 is 39.6 Å². The summed E-state index contributed by atoms with van der Waals surface area (Å²) in [6.45, 7) is 2.53. The van der Waals surface area contributed by atoms with Gasteiger partial charge in [-0.3, -0.25) is 14.4 Å². The number of aliphatic carboxylic acids is 1. The first-order valence-electron chi connectivity index (χ1n) is 10.9. The third kappa shape index (κ3) is 10.1. The fraction of sp³-hybridized carbons (Fsp3) is 0.545. The van der Waals surface area contributed by atoms with Crippen LogP contribution >= 0.6 is 11.8 Å². The summed E-state index contributed by atoms with van der Waals surface area (Å²) >= 11 is 1.43. The number of phenolic OH excluding ortho intramolecular Hbond substituents is 1. The van der Waals surface area contributed by atoms with Gasteiger partial charge >= 0.3 is 5.97 Å². The summed E-state index contributed by atoms with van der Waals surface area (Å²) in [7, 11) is 0. The van der Waals surface area contributed by atoms with Crippen LogP contribution in [0, 0.1) is 0 Å². The van der Waals surface area contributed by atoms with E-state index in [1.54, 1.807) is 0 Å². The monoisotopic (exact) mass is 514 g/mol. The van der Waals surface area contributed by atoms with Gasteiger partial charge in [0.2, 0.25) is 17.7 Å². The minimum absolute atomic E-state index is 0.00636. The Labute approximate surface area is 207 Å². The van der Waals surface area contributed by atoms with Crippen LogP contribution < -0.4 is 21.7 Å². The molecule has 0 spiro atoms. The van der Waals surface area contributed by atoms with Crippen molar-refractivity contribution in [1.82, 2.24) is 16.0 Å². The van der Waals surface area contributed by atoms with Gasteiger partial charge in [0.25, 0.3) is 0 Å². The molecule has 0 saturated heterocycles. The Balaban J connectivity index is 3.14. The Kier molecular flexibility index (Phi) is 12.5. The number of nitrogens with two attached hydrogens (primary N) is 1. The van der Waals surface area contributed by atoms with Crippen molar-refractivity contribution in [3.63, 3.8) is 0 Å². The molecule has 0 radical (unpaired) electrons. The maximum Gasteiger partial charge on any atom is 0.328 e. The standard InChI is InChI=1S/C22H34N4O8S/c1-11(27)17(23)21(32)24-15(8-9-35-3)19(30)25-16(10-13-4-6-14(29)7-5-13)20(31)26-18(12(2)28)22(33)34/h4-7,11-12,15-18,27-29H,8-10,23H2,1-3H3,(H,24,32)(H,25,30)(H,26,31)(H,33,34). The Hall–Kier alpha value is -2.87. The summed E-state index contributed by atoms with van der Waals surface area (Å²) in [5.74, 6) is -3.31. The average Bonchev–Trinajstić information content (AvgIpc) is 2.79. The van der Waals surface area contributed by atoms with Gasteiger partial charge in [-0.1, -0.05) is 12.1 Å². The SMILES string of the molecule is CSCCC(NC(=O)C(N)C(C)O)C(=O)NC(Cc1ccc(O)cc1)C(=O)NC(C(=O)O)C(C)O. The van der Waals surface area contributed by atoms with Crippen LogP contribution in [0.1, 0.15) is 25.8 Å². The normalized spacial score (nSPS) is 16.2. The first-order valence-corrected chi connectivity index (χ1v) is 12.3. The van der Waals surface area contributed by atoms with Crippen molar-refractivity contribution in [3.05, 3.63) is 29.8 Å². The van der Waals surface area contributed by atoms with Gasteiger partial charge in [-0.25, -0.2) is 4.79 Å². The summed E-state index contributed by atoms with van der Waals surface area (Å²) < 4.78 is 0. The van der Waals surface area contributed by atoms with Crippen molar-refractivity contribution in [2.45, 2.75) is 63.1 Å². The zero-order valence-electron chi connectivity index (χ0n) is 19.8. The number of carbonyl (C=O) groups is 4. The van der Waals surface area contributed by atoms with E-state index in [2.05, 4.69) is 16.0 Å². The van der Waals surface area contributed by atoms with Crippen LogP contribution in [0.3, 0.4) is 0 Å². The molecule has 0 aliphatic rings. The molecule has 6 atom stereocenters. The van der Waals surface area contributed by atoms with Crippen molar-refractivity contribution >= 4 is 35.5 Å². The first-order chi connectivity index (χ1) is 16.4. The zero-order valence-corrected chi connectivity index (χ0v) is 20.6. The second-order valence-electron chi connectivity index (χ2n) is 8.11. The summed E-state index contributed by atoms with van der Waals surface area (Å²) in [4.78, 5) is 49.7. The molecule has 196 valence electrons. The lowest BCUT2D eigenvalue weighted by molar-refractivity contribution is -0.145. The summed E-state index contributed by atoms with van der Waals surface area (Å²) in [5, 5.41) is 45.3. The quantitative estimate of drug-likeness (QED) is 0.141. The van der Waals surface area contributed by atoms with E-state index in [0.29, 0.717) is 11.3 Å². The molecule has 13 heteroatoms. The topological polar surface area (TPSA) is 211 Å². The van der Waals surface area contributed by atoms with E-state index in [1.807, 2.05) is 6.26 Å². The molecule has 12 nitrogen and oxygen atoms in total. The van der Waals surface area contributed by atoms with Crippen LogP contribution in [0.25, 0.3) is 0 Å². The molecule has 0 heterocycles. The maximum absolute atomic E-state index is 13.1. The Bertz CT molecular complexity index is 866. The number of carboxylic acid groups (broad SMARTS) is 1. The Morgan fingerprint density at radius 2 is 1.46 bits per heavy atom. The highest BCUT2D eigenvalue weighted by atomic mass is 32.2. The molecule has 0 aromatic heterocycles. The van der Waals surface area contributed by atoms with Gasteiger partial charge in [0, 0.05) is 6.42 Å². The largest absolute Gasteiger partial charge is 0.508 e. The van der Waals surface area contributed by atoms with Gasteiger partial charge < -0.3 is 42.1 Å². The minimum Gasteiger partial charge on any atom is -0.508 e. The molecule has 0 bridgehead atoms. The second-order valence-corrected chi connectivity index (χ2v) is 9.09. The van der Waals surface area contributed by atoms with Crippen LogP contribution in [-0.4, -0.2) is 92.5 Å². The van der Waals surface area contributed by atoms with Crippen LogP contribution in [0.4, 0.5) is 0 Å². The molecule has 1 aromatic rings. The molecule has 35 heavy (non-hydrogen) atoms. The van der Waals surface area contributed by atoms with Gasteiger partial charge in [-0.05, 0) is 50.0 Å². The number of aliphatic hydroxyl groups is 2. The minimum atomic E-state index is -1.61. The van der Waals surface area contributed by atoms with Crippen LogP contribution in [0.5, 0.6) is 5.75 Å². The van der Waals surface area contributed by atoms with Gasteiger partial charge in [-0.2, -0.15) is 11.8 Å². The molecule has 0 fully saturated rings. The molecular weight excluding hydrogens is 480 g/mol. The predicted octanol–water partition coefficient (Wildman–Crippen LogP) is -1.68. The number of carbonyl (C=O) groups excluding carboxylic acids is 3. The number of nitrogens with one attached hydrogen (secondary N) is 3. The van der Waals surface area contributed by atoms with E-state index in [0.717, 1.165) is 0 Å². The highest BCUT2D eigenvalue weighted by molar-refractivity contribution is 7.98. The Morgan fingerprint density at radius 1 is 0.914 bits per heavy atom. The van der Waals surface area contributed by atoms with E-state index in [4.69, 9.17) is 5.73 Å². The van der Waals surface area contributed by atoms with E-state index in [-0.39, 0.29) is 18.6 Å². The smallest absolute Gasteiger partial charge is 0.328 e. The zero-order chi connectivity index (χ0) is 26.7. The molecule has 1 aromatic carbocycles. The van der Waals surface area contributed by atoms with Gasteiger partial charge in [0.1, 0.15) is 23.9 Å². The highest BCUT2D eigenvalue weighted by Gasteiger charge is 2.32. The number of hydrogen-bond donors (Lipinski definition) is 8. The number of hydrogen-bond acceptors (Lipinski definition) is 9. The fourth-order valence-electron chi connectivity index (χ4n) is 2.98. The number of rotatable bonds is 14. The molecule has 0 aliphatic carbocycles. The summed E-state index contributed by atoms with van der Waals surface area (Å²) in [6, 6.07) is 0.603. The number of aromatic hydroxyl groups is 1. The molecule has 9 N–H and O–H groups in total. The number of benzene rings is 1. The van der Waals surface area contributed by atoms with Crippen molar-refractivity contribution in [3.8, 4) is 5.75 Å². The van der Waals surface area contributed by atoms with E-state index >= 15 is 0 Å². The third-order valence-corrected chi connectivity index (χ3v) is 5.77. The van der Waals surface area contributed by atoms with Gasteiger partial charge in [0.05, 0.1) is 12.2 Å². The molecule has 3 amide bonds. The van der Waals surface area contributed by atoms with Crippen LogP contribution in [-0.2, 0) is 25.6 Å². The van der Waals surface area contributed by atoms with Crippen molar-refractivity contribution in [2.75, 3.05) is 12.0 Å². The molecule has 6 unspecified atom stereocenters. The lowest BCUT2D eigenvalue weighted by Crippen LogP contribution is -2.59. The van der Waals surface area contributed by atoms with E-state index in [1.165, 1.54) is 49.9 Å². The lowest BCUT2D eigenvalue weighted by atomic mass is 10.0. The van der Waals surface area contributed by atoms with Crippen LogP contribution in [0.2, 0.25) is 0 Å². The number of amides is 3. The van der Waals surface area contributed by atoms with Crippen molar-refractivity contribution in [1.29, 1.82) is 0 Å². The van der Waals surface area contributed by atoms with Crippen LogP contribution in [0.15, 0.2) is 24.3 Å². The predicted molar refractivity (Wildman–Crippen MR) is 130 cm³/mol. The molecule has 1 rings (SSSR count). The fourth-order valence-corrected chi connectivity index (χ4v) is 3.45.